The number of aromatic nitrogens is 1. The molecule has 0 spiro atoms. The number of nitrogens with zero attached hydrogens (tertiary/aromatic N) is 2. The van der Waals surface area contributed by atoms with Gasteiger partial charge in [-0.1, -0.05) is 37.4 Å². The number of hydrogen-bond acceptors (Lipinski definition) is 2. The largest absolute Gasteiger partial charge is 0.368 e. The number of pyridine rings is 1. The molecule has 1 saturated heterocycles. The molecule has 2 heterocycles. The first-order valence-corrected chi connectivity index (χ1v) is 9.27. The van der Waals surface area contributed by atoms with Gasteiger partial charge in [-0.25, -0.2) is 0 Å². The van der Waals surface area contributed by atoms with Gasteiger partial charge in [-0.15, -0.1) is 0 Å². The summed E-state index contributed by atoms with van der Waals surface area (Å²) >= 11 is 0. The fourth-order valence-corrected chi connectivity index (χ4v) is 3.93. The molecule has 130 valence electrons. The van der Waals surface area contributed by atoms with E-state index in [2.05, 4.69) is 54.2 Å². The summed E-state index contributed by atoms with van der Waals surface area (Å²) in [5, 5.41) is 0. The molecule has 2 heteroatoms. The minimum Gasteiger partial charge on any atom is -0.368 e. The molecule has 0 bridgehead atoms. The van der Waals surface area contributed by atoms with Crippen LogP contribution in [-0.4, -0.2) is 22.5 Å². The van der Waals surface area contributed by atoms with Crippen molar-refractivity contribution in [1.29, 1.82) is 0 Å². The van der Waals surface area contributed by atoms with Gasteiger partial charge in [0.2, 0.25) is 0 Å². The quantitative estimate of drug-likeness (QED) is 0.695. The molecule has 1 aromatic heterocycles. The third-order valence-electron chi connectivity index (χ3n) is 5.33. The first-order chi connectivity index (χ1) is 12.2. The highest BCUT2D eigenvalue weighted by molar-refractivity contribution is 5.61. The Hall–Kier alpha value is -2.35. The summed E-state index contributed by atoms with van der Waals surface area (Å²) in [6, 6.07) is 11.2. The normalized spacial score (nSPS) is 17.3. The third kappa shape index (κ3) is 4.01. The molecule has 0 N–H and O–H groups in total. The Labute approximate surface area is 151 Å². The van der Waals surface area contributed by atoms with Crippen LogP contribution in [0.3, 0.4) is 0 Å². The van der Waals surface area contributed by atoms with Crippen LogP contribution in [-0.2, 0) is 6.42 Å². The fourth-order valence-electron chi connectivity index (χ4n) is 3.93. The number of likely N-dealkylation sites (tertiary alicyclic amines) is 1. The lowest BCUT2D eigenvalue weighted by atomic mass is 9.92. The summed E-state index contributed by atoms with van der Waals surface area (Å²) < 4.78 is 0. The Morgan fingerprint density at radius 1 is 1.28 bits per heavy atom. The molecule has 2 aromatic rings. The SMILES string of the molecule is C=Cc1c(C)cccc1CCC1CCCCN1C(=C)c1cccnc1. The molecule has 0 aliphatic carbocycles. The minimum atomic E-state index is 0.555. The highest BCUT2D eigenvalue weighted by atomic mass is 15.2. The zero-order valence-corrected chi connectivity index (χ0v) is 15.2. The number of piperidine rings is 1. The van der Waals surface area contributed by atoms with Gasteiger partial charge in [0, 0.05) is 36.2 Å². The van der Waals surface area contributed by atoms with Crippen LogP contribution >= 0.6 is 0 Å². The first-order valence-electron chi connectivity index (χ1n) is 9.27. The van der Waals surface area contributed by atoms with Crippen LogP contribution in [0, 0.1) is 6.92 Å². The van der Waals surface area contributed by atoms with Crippen LogP contribution in [0.25, 0.3) is 11.8 Å². The molecule has 1 fully saturated rings. The Bertz CT molecular complexity index is 733. The summed E-state index contributed by atoms with van der Waals surface area (Å²) in [6.07, 6.45) is 11.8. The summed E-state index contributed by atoms with van der Waals surface area (Å²) in [7, 11) is 0. The lowest BCUT2D eigenvalue weighted by Crippen LogP contribution is -2.38. The Morgan fingerprint density at radius 2 is 2.16 bits per heavy atom. The second kappa shape index (κ2) is 8.15. The van der Waals surface area contributed by atoms with E-state index in [4.69, 9.17) is 0 Å². The van der Waals surface area contributed by atoms with Gasteiger partial charge in [-0.05, 0) is 67.9 Å². The van der Waals surface area contributed by atoms with Crippen LogP contribution in [0.5, 0.6) is 0 Å². The van der Waals surface area contributed by atoms with Gasteiger partial charge in [0.15, 0.2) is 0 Å². The van der Waals surface area contributed by atoms with E-state index in [0.29, 0.717) is 6.04 Å². The van der Waals surface area contributed by atoms with Crippen molar-refractivity contribution in [3.63, 3.8) is 0 Å². The van der Waals surface area contributed by atoms with E-state index in [9.17, 15) is 0 Å². The van der Waals surface area contributed by atoms with E-state index in [1.54, 1.807) is 0 Å². The predicted molar refractivity (Wildman–Crippen MR) is 107 cm³/mol. The van der Waals surface area contributed by atoms with Gasteiger partial charge in [0.25, 0.3) is 0 Å². The maximum atomic E-state index is 4.37. The summed E-state index contributed by atoms with van der Waals surface area (Å²) in [5.74, 6) is 0. The molecule has 2 nitrogen and oxygen atoms in total. The number of hydrogen-bond donors (Lipinski definition) is 0. The highest BCUT2D eigenvalue weighted by Gasteiger charge is 2.24. The van der Waals surface area contributed by atoms with Crippen molar-refractivity contribution >= 4 is 11.8 Å². The third-order valence-corrected chi connectivity index (χ3v) is 5.33. The molecule has 1 unspecified atom stereocenters. The topological polar surface area (TPSA) is 16.1 Å². The van der Waals surface area contributed by atoms with Crippen LogP contribution in [0.4, 0.5) is 0 Å². The van der Waals surface area contributed by atoms with E-state index in [-0.39, 0.29) is 0 Å². The van der Waals surface area contributed by atoms with Crippen LogP contribution in [0.15, 0.2) is 55.9 Å². The second-order valence-corrected chi connectivity index (χ2v) is 6.92. The van der Waals surface area contributed by atoms with Crippen molar-refractivity contribution in [2.45, 2.75) is 45.1 Å². The molecule has 1 aromatic carbocycles. The Balaban J connectivity index is 1.73. The molecule has 1 aliphatic heterocycles. The average Bonchev–Trinajstić information content (AvgIpc) is 2.67. The summed E-state index contributed by atoms with van der Waals surface area (Å²) in [5.41, 5.74) is 6.28. The van der Waals surface area contributed by atoms with Gasteiger partial charge in [-0.3, -0.25) is 4.98 Å². The molecular weight excluding hydrogens is 304 g/mol. The zero-order chi connectivity index (χ0) is 17.6. The first kappa shape index (κ1) is 17.5. The van der Waals surface area contributed by atoms with Crippen molar-refractivity contribution in [1.82, 2.24) is 9.88 Å². The van der Waals surface area contributed by atoms with Crippen molar-refractivity contribution in [2.75, 3.05) is 6.54 Å². The lowest BCUT2D eigenvalue weighted by Gasteiger charge is -2.39. The van der Waals surface area contributed by atoms with Gasteiger partial charge in [0.05, 0.1) is 0 Å². The summed E-state index contributed by atoms with van der Waals surface area (Å²) in [4.78, 5) is 6.76. The smallest absolute Gasteiger partial charge is 0.0384 e. The molecule has 0 saturated carbocycles. The standard InChI is InChI=1S/C23H28N2/c1-4-23-18(2)9-7-10-20(23)13-14-22-12-5-6-16-25(22)19(3)21-11-8-15-24-17-21/h4,7-11,15,17,22H,1,3,5-6,12-14,16H2,2H3. The lowest BCUT2D eigenvalue weighted by molar-refractivity contribution is 0.217. The van der Waals surface area contributed by atoms with E-state index >= 15 is 0 Å². The molecule has 0 amide bonds. The maximum absolute atomic E-state index is 4.37. The molecule has 0 radical (unpaired) electrons. The van der Waals surface area contributed by atoms with Crippen molar-refractivity contribution in [2.24, 2.45) is 0 Å². The van der Waals surface area contributed by atoms with Gasteiger partial charge in [0.1, 0.15) is 0 Å². The van der Waals surface area contributed by atoms with Gasteiger partial charge < -0.3 is 4.90 Å². The number of benzene rings is 1. The van der Waals surface area contributed by atoms with Crippen LogP contribution < -0.4 is 0 Å². The minimum absolute atomic E-state index is 0.555. The Morgan fingerprint density at radius 3 is 2.92 bits per heavy atom. The molecule has 25 heavy (non-hydrogen) atoms. The Kier molecular flexibility index (Phi) is 5.70. The van der Waals surface area contributed by atoms with E-state index in [1.807, 2.05) is 24.5 Å². The second-order valence-electron chi connectivity index (χ2n) is 6.92. The molecular formula is C23H28N2. The van der Waals surface area contributed by atoms with Crippen LogP contribution in [0.1, 0.15) is 47.9 Å². The average molecular weight is 332 g/mol. The molecule has 3 rings (SSSR count). The van der Waals surface area contributed by atoms with Crippen molar-refractivity contribution in [3.05, 3.63) is 78.1 Å². The maximum Gasteiger partial charge on any atom is 0.0384 e. The molecule has 1 atom stereocenters. The zero-order valence-electron chi connectivity index (χ0n) is 15.2. The number of rotatable bonds is 6. The van der Waals surface area contributed by atoms with Gasteiger partial charge >= 0.3 is 0 Å². The van der Waals surface area contributed by atoms with Crippen molar-refractivity contribution in [3.8, 4) is 0 Å². The van der Waals surface area contributed by atoms with Crippen LogP contribution in [0.2, 0.25) is 0 Å². The fraction of sp³-hybridized carbons (Fsp3) is 0.348. The van der Waals surface area contributed by atoms with E-state index < -0.39 is 0 Å². The number of aryl methyl sites for hydroxylation is 2. The van der Waals surface area contributed by atoms with Gasteiger partial charge in [-0.2, -0.15) is 0 Å². The predicted octanol–water partition coefficient (Wildman–Crippen LogP) is 5.49. The van der Waals surface area contributed by atoms with E-state index in [1.165, 1.54) is 36.0 Å². The van der Waals surface area contributed by atoms with Crippen molar-refractivity contribution < 1.29 is 0 Å². The van der Waals surface area contributed by atoms with E-state index in [0.717, 1.165) is 30.6 Å². The highest BCUT2D eigenvalue weighted by Crippen LogP contribution is 2.29. The molecule has 1 aliphatic rings. The summed E-state index contributed by atoms with van der Waals surface area (Å²) in [6.45, 7) is 11.6. The monoisotopic (exact) mass is 332 g/mol.